The molecule has 0 radical (unpaired) electrons. The van der Waals surface area contributed by atoms with Crippen LogP contribution in [0.25, 0.3) is 54.9 Å². The summed E-state index contributed by atoms with van der Waals surface area (Å²) in [5, 5.41) is 4.95. The van der Waals surface area contributed by atoms with Crippen LogP contribution in [0.1, 0.15) is 0 Å². The third kappa shape index (κ3) is 5.05. The summed E-state index contributed by atoms with van der Waals surface area (Å²) in [6.07, 6.45) is 0. The predicted molar refractivity (Wildman–Crippen MR) is 192 cm³/mol. The second-order valence-electron chi connectivity index (χ2n) is 11.4. The van der Waals surface area contributed by atoms with E-state index in [-0.39, 0.29) is 0 Å². The highest BCUT2D eigenvalue weighted by atomic mass is 15.1. The van der Waals surface area contributed by atoms with Gasteiger partial charge < -0.3 is 4.90 Å². The largest absolute Gasteiger partial charge is 0.309 e. The number of para-hydroxylation sites is 1. The molecule has 0 spiro atoms. The molecule has 0 aliphatic carbocycles. The van der Waals surface area contributed by atoms with Gasteiger partial charge in [-0.05, 0) is 74.3 Å². The first-order valence-corrected chi connectivity index (χ1v) is 15.4. The van der Waals surface area contributed by atoms with Crippen LogP contribution in [0.2, 0.25) is 0 Å². The third-order valence-electron chi connectivity index (χ3n) is 8.66. The van der Waals surface area contributed by atoms with Crippen LogP contribution in [-0.2, 0) is 0 Å². The van der Waals surface area contributed by atoms with Crippen LogP contribution in [0, 0.1) is 0 Å². The van der Waals surface area contributed by atoms with E-state index in [0.717, 1.165) is 17.1 Å². The van der Waals surface area contributed by atoms with Crippen molar-refractivity contribution < 1.29 is 0 Å². The first kappa shape index (κ1) is 26.7. The molecule has 0 aliphatic heterocycles. The van der Waals surface area contributed by atoms with Crippen LogP contribution >= 0.6 is 0 Å². The van der Waals surface area contributed by atoms with Crippen molar-refractivity contribution in [1.82, 2.24) is 0 Å². The third-order valence-corrected chi connectivity index (χ3v) is 8.66. The molecule has 0 atom stereocenters. The summed E-state index contributed by atoms with van der Waals surface area (Å²) >= 11 is 0. The van der Waals surface area contributed by atoms with Crippen molar-refractivity contribution in [2.75, 3.05) is 4.90 Å². The van der Waals surface area contributed by atoms with Crippen molar-refractivity contribution >= 4 is 38.6 Å². The molecule has 0 saturated carbocycles. The maximum Gasteiger partial charge on any atom is 0.0540 e. The van der Waals surface area contributed by atoms with E-state index in [1.54, 1.807) is 0 Å². The van der Waals surface area contributed by atoms with Gasteiger partial charge in [-0.25, -0.2) is 0 Å². The Morgan fingerprint density at radius 1 is 0.289 bits per heavy atom. The Kier molecular flexibility index (Phi) is 6.90. The maximum atomic E-state index is 2.41. The molecular weight excluding hydrogens is 542 g/mol. The smallest absolute Gasteiger partial charge is 0.0540 e. The van der Waals surface area contributed by atoms with Gasteiger partial charge in [-0.3, -0.25) is 0 Å². The number of rotatable bonds is 6. The first-order valence-electron chi connectivity index (χ1n) is 15.4. The van der Waals surface area contributed by atoms with Crippen LogP contribution in [0.4, 0.5) is 17.1 Å². The molecule has 0 unspecified atom stereocenters. The van der Waals surface area contributed by atoms with E-state index < -0.39 is 0 Å². The van der Waals surface area contributed by atoms with E-state index >= 15 is 0 Å². The fourth-order valence-corrected chi connectivity index (χ4v) is 6.49. The molecule has 0 heterocycles. The minimum atomic E-state index is 1.11. The number of fused-ring (bicyclic) bond motifs is 2. The molecule has 45 heavy (non-hydrogen) atoms. The number of benzene rings is 8. The van der Waals surface area contributed by atoms with E-state index in [1.165, 1.54) is 54.9 Å². The standard InChI is InChI=1S/C44H31N/c1-2-13-32(14-3-1)33-27-29-38(30-28-33)45(44-26-12-18-35-16-5-7-22-41(35)44)43-25-9-8-23-42(43)37-20-10-19-36(31-37)40-24-11-17-34-15-4-6-21-39(34)40/h1-31H. The van der Waals surface area contributed by atoms with Gasteiger partial charge in [0.05, 0.1) is 11.4 Å². The quantitative estimate of drug-likeness (QED) is 0.191. The molecule has 0 bridgehead atoms. The van der Waals surface area contributed by atoms with Crippen molar-refractivity contribution in [1.29, 1.82) is 0 Å². The minimum absolute atomic E-state index is 1.11. The molecule has 1 nitrogen and oxygen atoms in total. The zero-order valence-corrected chi connectivity index (χ0v) is 24.8. The van der Waals surface area contributed by atoms with E-state index in [9.17, 15) is 0 Å². The normalized spacial score (nSPS) is 11.1. The monoisotopic (exact) mass is 573 g/mol. The Morgan fingerprint density at radius 2 is 0.778 bits per heavy atom. The second kappa shape index (κ2) is 11.6. The van der Waals surface area contributed by atoms with Crippen molar-refractivity contribution in [3.63, 3.8) is 0 Å². The van der Waals surface area contributed by atoms with Gasteiger partial charge in [0.15, 0.2) is 0 Å². The van der Waals surface area contributed by atoms with Gasteiger partial charge in [-0.15, -0.1) is 0 Å². The van der Waals surface area contributed by atoms with Gasteiger partial charge in [0, 0.05) is 16.6 Å². The Balaban J connectivity index is 1.31. The van der Waals surface area contributed by atoms with Gasteiger partial charge in [-0.1, -0.05) is 158 Å². The summed E-state index contributed by atoms with van der Waals surface area (Å²) in [5.74, 6) is 0. The number of nitrogens with zero attached hydrogens (tertiary/aromatic N) is 1. The fraction of sp³-hybridized carbons (Fsp3) is 0. The predicted octanol–water partition coefficient (Wildman–Crippen LogP) is 12.5. The Bertz CT molecular complexity index is 2250. The number of hydrogen-bond donors (Lipinski definition) is 0. The molecule has 1 heteroatoms. The molecule has 0 N–H and O–H groups in total. The summed E-state index contributed by atoms with van der Waals surface area (Å²) in [5.41, 5.74) is 10.6. The van der Waals surface area contributed by atoms with Crippen molar-refractivity contribution in [2.24, 2.45) is 0 Å². The molecule has 8 rings (SSSR count). The molecule has 0 aromatic heterocycles. The van der Waals surface area contributed by atoms with Gasteiger partial charge in [0.25, 0.3) is 0 Å². The first-order chi connectivity index (χ1) is 22.3. The van der Waals surface area contributed by atoms with E-state index in [1.807, 2.05) is 0 Å². The Hall–Kier alpha value is -5.92. The van der Waals surface area contributed by atoms with Gasteiger partial charge >= 0.3 is 0 Å². The maximum absolute atomic E-state index is 2.41. The highest BCUT2D eigenvalue weighted by Gasteiger charge is 2.19. The molecule has 0 amide bonds. The van der Waals surface area contributed by atoms with E-state index in [2.05, 4.69) is 193 Å². The van der Waals surface area contributed by atoms with Crippen LogP contribution in [-0.4, -0.2) is 0 Å². The fourth-order valence-electron chi connectivity index (χ4n) is 6.49. The van der Waals surface area contributed by atoms with Crippen molar-refractivity contribution in [3.8, 4) is 33.4 Å². The summed E-state index contributed by atoms with van der Waals surface area (Å²) in [6, 6.07) is 67.7. The summed E-state index contributed by atoms with van der Waals surface area (Å²) in [4.78, 5) is 2.41. The number of hydrogen-bond acceptors (Lipinski definition) is 1. The molecule has 0 aliphatic rings. The van der Waals surface area contributed by atoms with Gasteiger partial charge in [0.2, 0.25) is 0 Å². The zero-order chi connectivity index (χ0) is 30.0. The summed E-state index contributed by atoms with van der Waals surface area (Å²) in [6.45, 7) is 0. The van der Waals surface area contributed by atoms with Crippen molar-refractivity contribution in [2.45, 2.75) is 0 Å². The van der Waals surface area contributed by atoms with Crippen molar-refractivity contribution in [3.05, 3.63) is 188 Å². The summed E-state index contributed by atoms with van der Waals surface area (Å²) in [7, 11) is 0. The summed E-state index contributed by atoms with van der Waals surface area (Å²) < 4.78 is 0. The zero-order valence-electron chi connectivity index (χ0n) is 24.8. The molecule has 0 fully saturated rings. The van der Waals surface area contributed by atoms with Crippen LogP contribution in [0.3, 0.4) is 0 Å². The lowest BCUT2D eigenvalue weighted by molar-refractivity contribution is 1.30. The van der Waals surface area contributed by atoms with Crippen LogP contribution in [0.5, 0.6) is 0 Å². The lowest BCUT2D eigenvalue weighted by atomic mass is 9.94. The highest BCUT2D eigenvalue weighted by molar-refractivity contribution is 6.02. The van der Waals surface area contributed by atoms with E-state index in [4.69, 9.17) is 0 Å². The number of anilines is 3. The average molecular weight is 574 g/mol. The SMILES string of the molecule is c1ccc(-c2ccc(N(c3ccccc3-c3cccc(-c4cccc5ccccc45)c3)c3cccc4ccccc34)cc2)cc1. The molecule has 8 aromatic rings. The topological polar surface area (TPSA) is 3.24 Å². The lowest BCUT2D eigenvalue weighted by Gasteiger charge is -2.29. The molecule has 212 valence electrons. The van der Waals surface area contributed by atoms with Gasteiger partial charge in [0.1, 0.15) is 0 Å². The van der Waals surface area contributed by atoms with E-state index in [0.29, 0.717) is 0 Å². The molecular formula is C44H31N. The molecule has 0 saturated heterocycles. The molecule has 8 aromatic carbocycles. The van der Waals surface area contributed by atoms with Crippen LogP contribution in [0.15, 0.2) is 188 Å². The minimum Gasteiger partial charge on any atom is -0.309 e. The lowest BCUT2D eigenvalue weighted by Crippen LogP contribution is -2.11. The second-order valence-corrected chi connectivity index (χ2v) is 11.4. The Morgan fingerprint density at radius 3 is 1.58 bits per heavy atom. The highest BCUT2D eigenvalue weighted by Crippen LogP contribution is 2.44. The Labute approximate surface area is 264 Å². The van der Waals surface area contributed by atoms with Crippen LogP contribution < -0.4 is 4.90 Å². The van der Waals surface area contributed by atoms with Gasteiger partial charge in [-0.2, -0.15) is 0 Å². The average Bonchev–Trinajstić information content (AvgIpc) is 3.12.